The standard InChI is InChI=1S/C18H22BrN/c1-3-13-20-18(15-9-11-16(19)12-10-15)17-8-6-5-7-14(17)4-2/h5-12,18,20H,3-4,13H2,1-2H3. The van der Waals surface area contributed by atoms with Crippen molar-refractivity contribution >= 4 is 15.9 Å². The van der Waals surface area contributed by atoms with Crippen LogP contribution < -0.4 is 5.32 Å². The van der Waals surface area contributed by atoms with Crippen LogP contribution in [0.15, 0.2) is 53.0 Å². The van der Waals surface area contributed by atoms with Gasteiger partial charge in [-0.1, -0.05) is 66.2 Å². The summed E-state index contributed by atoms with van der Waals surface area (Å²) >= 11 is 3.51. The van der Waals surface area contributed by atoms with Gasteiger partial charge in [0.2, 0.25) is 0 Å². The van der Waals surface area contributed by atoms with Gasteiger partial charge in [0.15, 0.2) is 0 Å². The molecule has 20 heavy (non-hydrogen) atoms. The van der Waals surface area contributed by atoms with E-state index in [1.807, 2.05) is 0 Å². The van der Waals surface area contributed by atoms with Crippen LogP contribution in [-0.2, 0) is 6.42 Å². The summed E-state index contributed by atoms with van der Waals surface area (Å²) in [6.07, 6.45) is 2.21. The first kappa shape index (κ1) is 15.3. The summed E-state index contributed by atoms with van der Waals surface area (Å²) in [7, 11) is 0. The number of rotatable bonds is 6. The van der Waals surface area contributed by atoms with Crippen LogP contribution in [0.1, 0.15) is 43.0 Å². The molecule has 0 aliphatic carbocycles. The van der Waals surface area contributed by atoms with Crippen LogP contribution in [0, 0.1) is 0 Å². The summed E-state index contributed by atoms with van der Waals surface area (Å²) < 4.78 is 1.12. The fourth-order valence-electron chi connectivity index (χ4n) is 2.49. The lowest BCUT2D eigenvalue weighted by molar-refractivity contribution is 0.594. The Morgan fingerprint density at radius 1 is 1.00 bits per heavy atom. The summed E-state index contributed by atoms with van der Waals surface area (Å²) in [6, 6.07) is 17.6. The smallest absolute Gasteiger partial charge is 0.0579 e. The first-order valence-electron chi connectivity index (χ1n) is 7.33. The van der Waals surface area contributed by atoms with Gasteiger partial charge in [0.1, 0.15) is 0 Å². The number of aryl methyl sites for hydroxylation is 1. The molecule has 0 aliphatic heterocycles. The molecule has 0 bridgehead atoms. The van der Waals surface area contributed by atoms with Crippen molar-refractivity contribution in [1.29, 1.82) is 0 Å². The predicted octanol–water partition coefficient (Wildman–Crippen LogP) is 5.10. The van der Waals surface area contributed by atoms with Crippen molar-refractivity contribution in [3.05, 3.63) is 69.7 Å². The molecule has 2 aromatic rings. The average Bonchev–Trinajstić information content (AvgIpc) is 2.50. The minimum Gasteiger partial charge on any atom is -0.306 e. The van der Waals surface area contributed by atoms with E-state index in [2.05, 4.69) is 83.6 Å². The summed E-state index contributed by atoms with van der Waals surface area (Å²) in [5.74, 6) is 0. The van der Waals surface area contributed by atoms with E-state index in [-0.39, 0.29) is 6.04 Å². The Balaban J connectivity index is 2.38. The molecule has 0 saturated heterocycles. The maximum absolute atomic E-state index is 3.68. The molecular formula is C18H22BrN. The van der Waals surface area contributed by atoms with Gasteiger partial charge in [0, 0.05) is 4.47 Å². The highest BCUT2D eigenvalue weighted by Gasteiger charge is 2.15. The second-order valence-electron chi connectivity index (χ2n) is 4.99. The third-order valence-corrected chi connectivity index (χ3v) is 4.08. The van der Waals surface area contributed by atoms with Crippen molar-refractivity contribution in [3.8, 4) is 0 Å². The van der Waals surface area contributed by atoms with Gasteiger partial charge in [-0.15, -0.1) is 0 Å². The van der Waals surface area contributed by atoms with Gasteiger partial charge in [0.05, 0.1) is 6.04 Å². The monoisotopic (exact) mass is 331 g/mol. The number of halogens is 1. The largest absolute Gasteiger partial charge is 0.306 e. The zero-order chi connectivity index (χ0) is 14.4. The van der Waals surface area contributed by atoms with E-state index >= 15 is 0 Å². The van der Waals surface area contributed by atoms with Crippen molar-refractivity contribution in [2.45, 2.75) is 32.7 Å². The Morgan fingerprint density at radius 2 is 1.70 bits per heavy atom. The van der Waals surface area contributed by atoms with Crippen LogP contribution in [-0.4, -0.2) is 6.54 Å². The Morgan fingerprint density at radius 3 is 2.35 bits per heavy atom. The molecule has 0 aliphatic rings. The molecular weight excluding hydrogens is 310 g/mol. The van der Waals surface area contributed by atoms with Crippen LogP contribution in [0.25, 0.3) is 0 Å². The molecule has 1 N–H and O–H groups in total. The van der Waals surface area contributed by atoms with Crippen LogP contribution in [0.3, 0.4) is 0 Å². The number of hydrogen-bond acceptors (Lipinski definition) is 1. The summed E-state index contributed by atoms with van der Waals surface area (Å²) in [5, 5.41) is 3.68. The van der Waals surface area contributed by atoms with E-state index in [1.165, 1.54) is 16.7 Å². The van der Waals surface area contributed by atoms with E-state index in [0.717, 1.165) is 23.9 Å². The fraction of sp³-hybridized carbons (Fsp3) is 0.333. The number of nitrogens with one attached hydrogen (secondary N) is 1. The van der Waals surface area contributed by atoms with Crippen molar-refractivity contribution in [2.24, 2.45) is 0 Å². The number of hydrogen-bond donors (Lipinski definition) is 1. The molecule has 1 unspecified atom stereocenters. The quantitative estimate of drug-likeness (QED) is 0.776. The van der Waals surface area contributed by atoms with Gasteiger partial charge < -0.3 is 5.32 Å². The molecule has 2 rings (SSSR count). The molecule has 0 aromatic heterocycles. The molecule has 0 heterocycles. The Labute approximate surface area is 130 Å². The molecule has 0 saturated carbocycles. The minimum atomic E-state index is 0.277. The zero-order valence-corrected chi connectivity index (χ0v) is 13.8. The van der Waals surface area contributed by atoms with Crippen LogP contribution in [0.2, 0.25) is 0 Å². The predicted molar refractivity (Wildman–Crippen MR) is 90.1 cm³/mol. The normalized spacial score (nSPS) is 12.3. The van der Waals surface area contributed by atoms with Gasteiger partial charge in [-0.3, -0.25) is 0 Å². The molecule has 0 radical (unpaired) electrons. The second-order valence-corrected chi connectivity index (χ2v) is 5.91. The van der Waals surface area contributed by atoms with E-state index in [9.17, 15) is 0 Å². The molecule has 1 nitrogen and oxygen atoms in total. The lowest BCUT2D eigenvalue weighted by atomic mass is 9.93. The zero-order valence-electron chi connectivity index (χ0n) is 12.2. The lowest BCUT2D eigenvalue weighted by Crippen LogP contribution is -2.24. The molecule has 2 aromatic carbocycles. The third kappa shape index (κ3) is 3.71. The fourth-order valence-corrected chi connectivity index (χ4v) is 2.75. The molecule has 2 heteroatoms. The molecule has 0 fully saturated rings. The maximum atomic E-state index is 3.68. The summed E-state index contributed by atoms with van der Waals surface area (Å²) in [6.45, 7) is 5.45. The molecule has 1 atom stereocenters. The maximum Gasteiger partial charge on any atom is 0.0579 e. The highest BCUT2D eigenvalue weighted by molar-refractivity contribution is 9.10. The average molecular weight is 332 g/mol. The summed E-state index contributed by atoms with van der Waals surface area (Å²) in [4.78, 5) is 0. The Bertz CT molecular complexity index is 533. The highest BCUT2D eigenvalue weighted by atomic mass is 79.9. The third-order valence-electron chi connectivity index (χ3n) is 3.55. The van der Waals surface area contributed by atoms with Gasteiger partial charge in [-0.25, -0.2) is 0 Å². The topological polar surface area (TPSA) is 12.0 Å². The first-order chi connectivity index (χ1) is 9.76. The summed E-state index contributed by atoms with van der Waals surface area (Å²) in [5.41, 5.74) is 4.14. The molecule has 0 spiro atoms. The van der Waals surface area contributed by atoms with Crippen molar-refractivity contribution < 1.29 is 0 Å². The SMILES string of the molecule is CCCNC(c1ccc(Br)cc1)c1ccccc1CC. The van der Waals surface area contributed by atoms with Crippen LogP contribution in [0.5, 0.6) is 0 Å². The second kappa shape index (κ2) is 7.61. The van der Waals surface area contributed by atoms with Crippen molar-refractivity contribution in [1.82, 2.24) is 5.32 Å². The van der Waals surface area contributed by atoms with Gasteiger partial charge in [-0.2, -0.15) is 0 Å². The molecule has 106 valence electrons. The number of benzene rings is 2. The Kier molecular flexibility index (Phi) is 5.81. The molecule has 0 amide bonds. The van der Waals surface area contributed by atoms with Crippen LogP contribution in [0.4, 0.5) is 0 Å². The van der Waals surface area contributed by atoms with E-state index in [4.69, 9.17) is 0 Å². The van der Waals surface area contributed by atoms with E-state index in [0.29, 0.717) is 0 Å². The first-order valence-corrected chi connectivity index (χ1v) is 8.12. The van der Waals surface area contributed by atoms with Gasteiger partial charge >= 0.3 is 0 Å². The van der Waals surface area contributed by atoms with Crippen molar-refractivity contribution in [3.63, 3.8) is 0 Å². The van der Waals surface area contributed by atoms with Gasteiger partial charge in [-0.05, 0) is 48.2 Å². The highest BCUT2D eigenvalue weighted by Crippen LogP contribution is 2.26. The Hall–Kier alpha value is -1.12. The minimum absolute atomic E-state index is 0.277. The van der Waals surface area contributed by atoms with Crippen LogP contribution >= 0.6 is 15.9 Å². The lowest BCUT2D eigenvalue weighted by Gasteiger charge is -2.22. The van der Waals surface area contributed by atoms with Crippen molar-refractivity contribution in [2.75, 3.05) is 6.54 Å². The van der Waals surface area contributed by atoms with Gasteiger partial charge in [0.25, 0.3) is 0 Å². The van der Waals surface area contributed by atoms with E-state index < -0.39 is 0 Å². The van der Waals surface area contributed by atoms with E-state index in [1.54, 1.807) is 0 Å².